The van der Waals surface area contributed by atoms with Gasteiger partial charge in [-0.25, -0.2) is 14.6 Å². The fourth-order valence-electron chi connectivity index (χ4n) is 4.89. The van der Waals surface area contributed by atoms with E-state index in [0.717, 1.165) is 22.5 Å². The molecule has 3 aromatic rings. The third kappa shape index (κ3) is 7.26. The van der Waals surface area contributed by atoms with Crippen molar-refractivity contribution in [2.75, 3.05) is 17.4 Å². The third-order valence-corrected chi connectivity index (χ3v) is 9.24. The number of hydrogen-bond acceptors (Lipinski definition) is 10. The Labute approximate surface area is 273 Å². The van der Waals surface area contributed by atoms with Crippen molar-refractivity contribution in [1.29, 1.82) is 0 Å². The molecular formula is C31H32ClN5O6S2. The first-order valence-corrected chi connectivity index (χ1v) is 16.5. The molecule has 1 fully saturated rings. The average Bonchev–Trinajstić information content (AvgIpc) is 3.45. The Balaban J connectivity index is 1.35. The number of halogens is 1. The van der Waals surface area contributed by atoms with Crippen LogP contribution in [0, 0.1) is 0 Å². The molecule has 2 aliphatic heterocycles. The number of nitrogens with zero attached hydrogens (tertiary/aromatic N) is 2. The van der Waals surface area contributed by atoms with Crippen LogP contribution in [0.5, 0.6) is 0 Å². The number of alkyl halides is 1. The minimum atomic E-state index is -1.28. The number of alkyl carbamates (subject to hydrolysis) is 1. The molecule has 0 bridgehead atoms. The number of ether oxygens (including phenoxy) is 2. The molecule has 4 N–H and O–H groups in total. The summed E-state index contributed by atoms with van der Waals surface area (Å²) < 4.78 is 11.4. The number of β-lactam (4-membered cyclic amide) rings is 1. The summed E-state index contributed by atoms with van der Waals surface area (Å²) in [6, 6.07) is 16.3. The molecule has 5 rings (SSSR count). The number of carbonyl (C=O) groups is 4. The van der Waals surface area contributed by atoms with E-state index < -0.39 is 53.0 Å². The molecule has 3 atom stereocenters. The minimum absolute atomic E-state index is 0.0133. The smallest absolute Gasteiger partial charge is 0.408 e. The van der Waals surface area contributed by atoms with Crippen LogP contribution in [-0.2, 0) is 23.9 Å². The van der Waals surface area contributed by atoms with Crippen LogP contribution in [0.25, 0.3) is 0 Å². The first-order chi connectivity index (χ1) is 21.5. The van der Waals surface area contributed by atoms with E-state index in [1.165, 1.54) is 16.7 Å². The molecule has 1 unspecified atom stereocenters. The SMILES string of the molecule is CC(C)(C)OC(=O)NC(C(=O)N[C@@H]1C(=O)N2C(C(=O)OC(c3ccccc3)c3ccccc3)=C(CCl)CS[C@H]12)c1csc(N)n1. The first-order valence-electron chi connectivity index (χ1n) is 14.0. The van der Waals surface area contributed by atoms with E-state index in [0.29, 0.717) is 11.3 Å². The Morgan fingerprint density at radius 1 is 1.09 bits per heavy atom. The van der Waals surface area contributed by atoms with Crippen molar-refractivity contribution >= 4 is 63.7 Å². The van der Waals surface area contributed by atoms with Crippen LogP contribution in [0.1, 0.15) is 49.7 Å². The van der Waals surface area contributed by atoms with Gasteiger partial charge in [-0.15, -0.1) is 34.7 Å². The summed E-state index contributed by atoms with van der Waals surface area (Å²) in [5.41, 5.74) is 7.30. The van der Waals surface area contributed by atoms with Gasteiger partial charge in [-0.05, 0) is 37.5 Å². The van der Waals surface area contributed by atoms with Crippen LogP contribution < -0.4 is 16.4 Å². The minimum Gasteiger partial charge on any atom is -0.448 e. The maximum Gasteiger partial charge on any atom is 0.408 e. The van der Waals surface area contributed by atoms with E-state index in [1.807, 2.05) is 60.7 Å². The largest absolute Gasteiger partial charge is 0.448 e. The number of nitrogens with two attached hydrogens (primary N) is 1. The number of fused-ring (bicyclic) bond motifs is 1. The highest BCUT2D eigenvalue weighted by Crippen LogP contribution is 2.42. The van der Waals surface area contributed by atoms with Crippen molar-refractivity contribution < 1.29 is 28.7 Å². The summed E-state index contributed by atoms with van der Waals surface area (Å²) in [6.07, 6.45) is -1.57. The average molecular weight is 670 g/mol. The summed E-state index contributed by atoms with van der Waals surface area (Å²) in [6.45, 7) is 5.08. The van der Waals surface area contributed by atoms with Crippen molar-refractivity contribution in [3.63, 3.8) is 0 Å². The molecule has 236 valence electrons. The molecular weight excluding hydrogens is 638 g/mol. The van der Waals surface area contributed by atoms with Gasteiger partial charge in [0.1, 0.15) is 22.7 Å². The van der Waals surface area contributed by atoms with Crippen LogP contribution in [0.4, 0.5) is 9.93 Å². The standard InChI is InChI=1S/C31H32ClN5O6S2/c1-31(2,3)43-30(41)36-21(20-16-45-29(33)34-20)25(38)35-22-26(39)37-23(19(14-32)15-44-27(22)37)28(40)42-24(17-10-6-4-7-11-17)18-12-8-5-9-13-18/h4-13,16,21-22,24,27H,14-15H2,1-3H3,(H2,33,34)(H,35,38)(H,36,41)/t21?,22-,27-/m1/s1. The topological polar surface area (TPSA) is 153 Å². The summed E-state index contributed by atoms with van der Waals surface area (Å²) in [5, 5.41) is 6.38. The lowest BCUT2D eigenvalue weighted by Gasteiger charge is -2.50. The molecule has 1 aromatic heterocycles. The second-order valence-electron chi connectivity index (χ2n) is 11.3. The zero-order valence-corrected chi connectivity index (χ0v) is 27.1. The predicted octanol–water partition coefficient (Wildman–Crippen LogP) is 4.52. The van der Waals surface area contributed by atoms with Gasteiger partial charge in [0.15, 0.2) is 17.3 Å². The van der Waals surface area contributed by atoms with E-state index >= 15 is 0 Å². The first kappa shape index (κ1) is 32.3. The second-order valence-corrected chi connectivity index (χ2v) is 13.5. The number of amides is 3. The number of rotatable bonds is 9. The Morgan fingerprint density at radius 3 is 2.24 bits per heavy atom. The highest BCUT2D eigenvalue weighted by Gasteiger charge is 2.55. The van der Waals surface area contributed by atoms with Crippen LogP contribution in [0.3, 0.4) is 0 Å². The summed E-state index contributed by atoms with van der Waals surface area (Å²) >= 11 is 8.71. The molecule has 45 heavy (non-hydrogen) atoms. The number of anilines is 1. The highest BCUT2D eigenvalue weighted by molar-refractivity contribution is 8.00. The van der Waals surface area contributed by atoms with Gasteiger partial charge >= 0.3 is 12.1 Å². The number of aromatic nitrogens is 1. The lowest BCUT2D eigenvalue weighted by Crippen LogP contribution is -2.71. The maximum absolute atomic E-state index is 13.8. The van der Waals surface area contributed by atoms with Crippen molar-refractivity contribution in [3.05, 3.63) is 94.1 Å². The normalized spacial score (nSPS) is 18.5. The fraction of sp³-hybridized carbons (Fsp3) is 0.323. The van der Waals surface area contributed by atoms with Crippen LogP contribution in [0.15, 0.2) is 77.3 Å². The highest BCUT2D eigenvalue weighted by atomic mass is 35.5. The van der Waals surface area contributed by atoms with Gasteiger partial charge in [0.2, 0.25) is 5.91 Å². The van der Waals surface area contributed by atoms with Crippen LogP contribution >= 0.6 is 34.7 Å². The number of esters is 1. The molecule has 2 aliphatic rings. The van der Waals surface area contributed by atoms with E-state index in [1.54, 1.807) is 26.2 Å². The molecule has 3 heterocycles. The summed E-state index contributed by atoms with van der Waals surface area (Å²) in [5.74, 6) is -1.54. The Kier molecular flexibility index (Phi) is 9.70. The van der Waals surface area contributed by atoms with Crippen molar-refractivity contribution in [2.45, 2.75) is 49.9 Å². The monoisotopic (exact) mass is 669 g/mol. The fourth-order valence-corrected chi connectivity index (χ4v) is 7.16. The van der Waals surface area contributed by atoms with E-state index in [9.17, 15) is 19.2 Å². The maximum atomic E-state index is 13.8. The quantitative estimate of drug-likeness (QED) is 0.170. The Bertz CT molecular complexity index is 1570. The number of carbonyl (C=O) groups excluding carboxylic acids is 4. The molecule has 2 aromatic carbocycles. The van der Waals surface area contributed by atoms with Crippen LogP contribution in [0.2, 0.25) is 0 Å². The second kappa shape index (κ2) is 13.5. The molecule has 0 saturated carbocycles. The zero-order chi connectivity index (χ0) is 32.3. The van der Waals surface area contributed by atoms with Gasteiger partial charge in [-0.2, -0.15) is 0 Å². The molecule has 0 spiro atoms. The number of thiazole rings is 1. The van der Waals surface area contributed by atoms with Gasteiger partial charge < -0.3 is 25.8 Å². The molecule has 3 amide bonds. The Hall–Kier alpha value is -4.07. The number of nitrogens with one attached hydrogen (secondary N) is 2. The van der Waals surface area contributed by atoms with Gasteiger partial charge in [-0.3, -0.25) is 14.5 Å². The lowest BCUT2D eigenvalue weighted by atomic mass is 10.0. The molecule has 0 aliphatic carbocycles. The van der Waals surface area contributed by atoms with Crippen LogP contribution in [-0.4, -0.2) is 62.4 Å². The van der Waals surface area contributed by atoms with Crippen molar-refractivity contribution in [1.82, 2.24) is 20.5 Å². The van der Waals surface area contributed by atoms with E-state index in [2.05, 4.69) is 15.6 Å². The van der Waals surface area contributed by atoms with Gasteiger partial charge in [0.05, 0.1) is 5.69 Å². The summed E-state index contributed by atoms with van der Waals surface area (Å²) in [7, 11) is 0. The van der Waals surface area contributed by atoms with Gasteiger partial charge in [0.25, 0.3) is 5.91 Å². The van der Waals surface area contributed by atoms with Crippen molar-refractivity contribution in [2.24, 2.45) is 0 Å². The lowest BCUT2D eigenvalue weighted by molar-refractivity contribution is -0.154. The molecule has 0 radical (unpaired) electrons. The Morgan fingerprint density at radius 2 is 1.71 bits per heavy atom. The van der Waals surface area contributed by atoms with Crippen molar-refractivity contribution in [3.8, 4) is 0 Å². The number of thioether (sulfide) groups is 1. The number of nitrogen functional groups attached to an aromatic ring is 1. The molecule has 14 heteroatoms. The summed E-state index contributed by atoms with van der Waals surface area (Å²) in [4.78, 5) is 58.9. The van der Waals surface area contributed by atoms with E-state index in [-0.39, 0.29) is 22.4 Å². The molecule has 1 saturated heterocycles. The van der Waals surface area contributed by atoms with E-state index in [4.69, 9.17) is 26.8 Å². The molecule has 11 nitrogen and oxygen atoms in total. The number of benzene rings is 2. The number of hydrogen-bond donors (Lipinski definition) is 3. The zero-order valence-electron chi connectivity index (χ0n) is 24.7. The predicted molar refractivity (Wildman–Crippen MR) is 172 cm³/mol. The van der Waals surface area contributed by atoms with Gasteiger partial charge in [0, 0.05) is 17.0 Å². The van der Waals surface area contributed by atoms with Gasteiger partial charge in [-0.1, -0.05) is 60.7 Å². The third-order valence-electron chi connectivity index (χ3n) is 6.89.